The van der Waals surface area contributed by atoms with Gasteiger partial charge in [0, 0.05) is 6.54 Å². The predicted octanol–water partition coefficient (Wildman–Crippen LogP) is 5.05. The largest absolute Gasteiger partial charge is 0.416 e. The maximum atomic E-state index is 13.4. The van der Waals surface area contributed by atoms with E-state index in [1.807, 2.05) is 0 Å². The average Bonchev–Trinajstić information content (AvgIpc) is 2.40. The molecule has 0 aliphatic carbocycles. The molecule has 0 amide bonds. The fourth-order valence-corrected chi connectivity index (χ4v) is 1.93. The minimum Gasteiger partial charge on any atom is -0.326 e. The summed E-state index contributed by atoms with van der Waals surface area (Å²) in [5, 5.41) is -0.0835. The predicted molar refractivity (Wildman–Crippen MR) is 77.0 cm³/mol. The zero-order valence-corrected chi connectivity index (χ0v) is 12.1. The van der Waals surface area contributed by atoms with Crippen molar-refractivity contribution in [3.05, 3.63) is 58.4 Å². The van der Waals surface area contributed by atoms with Crippen molar-refractivity contribution >= 4 is 24.0 Å². The number of hydrogen-bond donors (Lipinski definition) is 1. The first-order chi connectivity index (χ1) is 9.31. The highest BCUT2D eigenvalue weighted by atomic mass is 35.5. The number of hydrogen-bond acceptors (Lipinski definition) is 1. The molecule has 2 aromatic rings. The van der Waals surface area contributed by atoms with Crippen LogP contribution in [0.15, 0.2) is 36.4 Å². The van der Waals surface area contributed by atoms with E-state index in [0.717, 1.165) is 18.2 Å². The molecule has 0 radical (unpaired) electrons. The Labute approximate surface area is 130 Å². The van der Waals surface area contributed by atoms with E-state index in [1.54, 1.807) is 0 Å². The van der Waals surface area contributed by atoms with Crippen molar-refractivity contribution in [2.24, 2.45) is 5.73 Å². The van der Waals surface area contributed by atoms with Gasteiger partial charge in [-0.1, -0.05) is 17.7 Å². The van der Waals surface area contributed by atoms with Crippen molar-refractivity contribution in [1.82, 2.24) is 0 Å². The molecular formula is C14H11Cl2F4N. The fraction of sp³-hybridized carbons (Fsp3) is 0.143. The van der Waals surface area contributed by atoms with Crippen molar-refractivity contribution in [2.45, 2.75) is 12.7 Å². The van der Waals surface area contributed by atoms with Crippen LogP contribution in [0.1, 0.15) is 11.1 Å². The summed E-state index contributed by atoms with van der Waals surface area (Å²) in [6.07, 6.45) is -4.48. The zero-order chi connectivity index (χ0) is 14.9. The van der Waals surface area contributed by atoms with E-state index >= 15 is 0 Å². The van der Waals surface area contributed by atoms with Gasteiger partial charge in [0.1, 0.15) is 5.82 Å². The van der Waals surface area contributed by atoms with Crippen molar-refractivity contribution in [2.75, 3.05) is 0 Å². The second-order valence-corrected chi connectivity index (χ2v) is 4.66. The monoisotopic (exact) mass is 339 g/mol. The van der Waals surface area contributed by atoms with E-state index in [2.05, 4.69) is 0 Å². The molecule has 0 fully saturated rings. The third kappa shape index (κ3) is 4.09. The molecule has 0 heterocycles. The normalized spacial score (nSPS) is 11.1. The average molecular weight is 340 g/mol. The van der Waals surface area contributed by atoms with E-state index in [4.69, 9.17) is 17.3 Å². The first kappa shape index (κ1) is 17.8. The fourth-order valence-electron chi connectivity index (χ4n) is 1.82. The molecule has 2 aromatic carbocycles. The Bertz CT molecular complexity index is 641. The molecule has 1 nitrogen and oxygen atoms in total. The van der Waals surface area contributed by atoms with Crippen molar-refractivity contribution in [1.29, 1.82) is 0 Å². The third-order valence-corrected chi connectivity index (χ3v) is 3.12. The van der Waals surface area contributed by atoms with Crippen molar-refractivity contribution in [3.63, 3.8) is 0 Å². The molecule has 0 atom stereocenters. The lowest BCUT2D eigenvalue weighted by Gasteiger charge is -2.12. The first-order valence-electron chi connectivity index (χ1n) is 5.68. The van der Waals surface area contributed by atoms with E-state index in [0.29, 0.717) is 11.1 Å². The van der Waals surface area contributed by atoms with Crippen LogP contribution in [-0.2, 0) is 12.7 Å². The van der Waals surface area contributed by atoms with Crippen LogP contribution >= 0.6 is 24.0 Å². The van der Waals surface area contributed by atoms with Gasteiger partial charge < -0.3 is 5.73 Å². The van der Waals surface area contributed by atoms with Gasteiger partial charge in [-0.15, -0.1) is 12.4 Å². The maximum absolute atomic E-state index is 13.4. The smallest absolute Gasteiger partial charge is 0.326 e. The van der Waals surface area contributed by atoms with Gasteiger partial charge in [-0.2, -0.15) is 13.2 Å². The Morgan fingerprint density at radius 2 is 1.67 bits per heavy atom. The van der Waals surface area contributed by atoms with Crippen LogP contribution in [0, 0.1) is 5.82 Å². The minimum atomic E-state index is -4.48. The molecule has 7 heteroatoms. The molecule has 0 saturated heterocycles. The maximum Gasteiger partial charge on any atom is 0.416 e. The van der Waals surface area contributed by atoms with Gasteiger partial charge in [0.25, 0.3) is 0 Å². The summed E-state index contributed by atoms with van der Waals surface area (Å²) < 4.78 is 51.8. The van der Waals surface area contributed by atoms with Crippen LogP contribution in [0.25, 0.3) is 11.1 Å². The molecule has 0 unspecified atom stereocenters. The number of benzene rings is 2. The van der Waals surface area contributed by atoms with Gasteiger partial charge in [-0.3, -0.25) is 0 Å². The van der Waals surface area contributed by atoms with Crippen LogP contribution in [0.5, 0.6) is 0 Å². The van der Waals surface area contributed by atoms with Gasteiger partial charge in [0.2, 0.25) is 0 Å². The van der Waals surface area contributed by atoms with Gasteiger partial charge in [-0.05, 0) is 47.0 Å². The zero-order valence-electron chi connectivity index (χ0n) is 10.5. The topological polar surface area (TPSA) is 26.0 Å². The summed E-state index contributed by atoms with van der Waals surface area (Å²) in [5.74, 6) is -0.684. The Morgan fingerprint density at radius 3 is 2.19 bits per heavy atom. The number of nitrogens with two attached hydrogens (primary N) is 1. The molecule has 21 heavy (non-hydrogen) atoms. The van der Waals surface area contributed by atoms with E-state index < -0.39 is 17.6 Å². The molecule has 0 aliphatic heterocycles. The molecule has 0 bridgehead atoms. The molecule has 0 aliphatic rings. The number of rotatable bonds is 2. The lowest BCUT2D eigenvalue weighted by Crippen LogP contribution is -2.07. The molecule has 0 saturated carbocycles. The summed E-state index contributed by atoms with van der Waals surface area (Å²) in [5.41, 5.74) is 5.47. The molecule has 0 aromatic heterocycles. The second-order valence-electron chi connectivity index (χ2n) is 4.25. The Balaban J connectivity index is 0.00000220. The highest BCUT2D eigenvalue weighted by Crippen LogP contribution is 2.34. The van der Waals surface area contributed by atoms with Crippen LogP contribution in [0.4, 0.5) is 17.6 Å². The molecule has 2 rings (SSSR count). The first-order valence-corrected chi connectivity index (χ1v) is 6.05. The van der Waals surface area contributed by atoms with Crippen LogP contribution in [0.2, 0.25) is 5.02 Å². The van der Waals surface area contributed by atoms with Gasteiger partial charge >= 0.3 is 6.18 Å². The highest BCUT2D eigenvalue weighted by molar-refractivity contribution is 6.30. The van der Waals surface area contributed by atoms with Gasteiger partial charge in [0.05, 0.1) is 10.6 Å². The lowest BCUT2D eigenvalue weighted by atomic mass is 9.99. The van der Waals surface area contributed by atoms with E-state index in [9.17, 15) is 17.6 Å². The Hall–Kier alpha value is -1.30. The standard InChI is InChI=1S/C14H10ClF4N.ClH/c15-12-2-1-9(6-13(12)16)10-3-8(7-20)4-11(5-10)14(17,18)19;/h1-6H,7,20H2;1H. The molecule has 114 valence electrons. The Kier molecular flexibility index (Phi) is 5.61. The van der Waals surface area contributed by atoms with Gasteiger partial charge in [-0.25, -0.2) is 4.39 Å². The lowest BCUT2D eigenvalue weighted by molar-refractivity contribution is -0.137. The second kappa shape index (κ2) is 6.64. The summed E-state index contributed by atoms with van der Waals surface area (Å²) in [4.78, 5) is 0. The van der Waals surface area contributed by atoms with Crippen LogP contribution < -0.4 is 5.73 Å². The quantitative estimate of drug-likeness (QED) is 0.761. The van der Waals surface area contributed by atoms with Crippen LogP contribution in [0.3, 0.4) is 0 Å². The number of halogens is 6. The summed E-state index contributed by atoms with van der Waals surface area (Å²) in [6, 6.07) is 7.30. The molecular weight excluding hydrogens is 329 g/mol. The highest BCUT2D eigenvalue weighted by Gasteiger charge is 2.31. The SMILES string of the molecule is Cl.NCc1cc(-c2ccc(Cl)c(F)c2)cc(C(F)(F)F)c1. The summed E-state index contributed by atoms with van der Waals surface area (Å²) >= 11 is 5.56. The van der Waals surface area contributed by atoms with Crippen LogP contribution in [-0.4, -0.2) is 0 Å². The summed E-state index contributed by atoms with van der Waals surface area (Å²) in [6.45, 7) is -0.0347. The summed E-state index contributed by atoms with van der Waals surface area (Å²) in [7, 11) is 0. The van der Waals surface area contributed by atoms with E-state index in [-0.39, 0.29) is 29.5 Å². The van der Waals surface area contributed by atoms with Crippen molar-refractivity contribution in [3.8, 4) is 11.1 Å². The van der Waals surface area contributed by atoms with E-state index in [1.165, 1.54) is 18.2 Å². The third-order valence-electron chi connectivity index (χ3n) is 2.81. The minimum absolute atomic E-state index is 0. The Morgan fingerprint density at radius 1 is 1.00 bits per heavy atom. The molecule has 2 N–H and O–H groups in total. The van der Waals surface area contributed by atoms with Crippen molar-refractivity contribution < 1.29 is 17.6 Å². The number of alkyl halides is 3. The molecule has 0 spiro atoms. The van der Waals surface area contributed by atoms with Gasteiger partial charge in [0.15, 0.2) is 0 Å².